The molecule has 0 saturated heterocycles. The summed E-state index contributed by atoms with van der Waals surface area (Å²) in [5.74, 6) is 0. The Hall–Kier alpha value is 2.45. The second kappa shape index (κ2) is 13.1. The topological polar surface area (TPSA) is 74.6 Å². The van der Waals surface area contributed by atoms with Crippen LogP contribution < -0.4 is 83.9 Å². The van der Waals surface area contributed by atoms with E-state index >= 15 is 0 Å². The summed E-state index contributed by atoms with van der Waals surface area (Å²) in [5, 5.41) is 0. The van der Waals surface area contributed by atoms with E-state index in [0.29, 0.717) is 0 Å². The van der Waals surface area contributed by atoms with Crippen LogP contribution in [-0.2, 0) is 10.4 Å². The maximum Gasteiger partial charge on any atom is 1.00 e. The van der Waals surface area contributed by atoms with Gasteiger partial charge in [0.25, 0.3) is 0 Å². The molecule has 9 heteroatoms. The summed E-state index contributed by atoms with van der Waals surface area (Å²) in [7, 11) is -4.67. The molecule has 0 spiro atoms. The molecule has 0 aromatic heterocycles. The Morgan fingerprint density at radius 1 is 0.889 bits per heavy atom. The van der Waals surface area contributed by atoms with Crippen LogP contribution >= 0.6 is 0 Å². The van der Waals surface area contributed by atoms with Crippen LogP contribution in [0, 0.1) is 0 Å². The number of halogens is 2. The van der Waals surface area contributed by atoms with Gasteiger partial charge in [-0.15, -0.1) is 0 Å². The third-order valence-electron chi connectivity index (χ3n) is 0. The molecule has 0 fully saturated rings. The van der Waals surface area contributed by atoms with Crippen LogP contribution in [0.5, 0.6) is 0 Å². The molecule has 0 saturated carbocycles. The normalized spacial score (nSPS) is 6.44. The average molecular weight is 215 g/mol. The zero-order valence-corrected chi connectivity index (χ0v) is 11.2. The number of rotatable bonds is 0. The van der Waals surface area contributed by atoms with Crippen LogP contribution in [-0.4, -0.2) is 17.5 Å². The Labute approximate surface area is 110 Å². The van der Waals surface area contributed by atoms with Crippen molar-refractivity contribution in [1.82, 2.24) is 0 Å². The fraction of sp³-hybridized carbons (Fsp3) is 0. The molecule has 2 N–H and O–H groups in total. The van der Waals surface area contributed by atoms with Crippen LogP contribution in [0.15, 0.2) is 0 Å². The molecule has 0 atom stereocenters. The van der Waals surface area contributed by atoms with Gasteiger partial charge in [-0.3, -0.25) is 9.11 Å². The molecule has 0 aromatic carbocycles. The van der Waals surface area contributed by atoms with Crippen molar-refractivity contribution in [1.29, 1.82) is 0 Å². The first-order valence-electron chi connectivity index (χ1n) is 0.698. The second-order valence-corrected chi connectivity index (χ2v) is 1.34. The van der Waals surface area contributed by atoms with E-state index in [1.807, 2.05) is 0 Å². The fourth-order valence-corrected chi connectivity index (χ4v) is 0. The number of hydrogen-bond donors (Lipinski definition) is 2. The molecule has 0 rings (SSSR count). The zero-order chi connectivity index (χ0) is 4.50. The van der Waals surface area contributed by atoms with Gasteiger partial charge in [-0.25, -0.2) is 0 Å². The van der Waals surface area contributed by atoms with Gasteiger partial charge in [-0.2, -0.15) is 8.42 Å². The number of hydrogen-bond acceptors (Lipinski definition) is 2. The molecule has 9 heavy (non-hydrogen) atoms. The van der Waals surface area contributed by atoms with Crippen molar-refractivity contribution >= 4 is 10.4 Å². The van der Waals surface area contributed by atoms with E-state index in [4.69, 9.17) is 17.5 Å². The predicted molar refractivity (Wildman–Crippen MR) is 14.2 cm³/mol. The minimum absolute atomic E-state index is 0. The fourth-order valence-electron chi connectivity index (χ4n) is 0. The molecule has 0 bridgehead atoms. The Morgan fingerprint density at radius 3 is 0.889 bits per heavy atom. The van der Waals surface area contributed by atoms with Gasteiger partial charge < -0.3 is 24.8 Å². The molecule has 48 valence electrons. The molecule has 4 nitrogen and oxygen atoms in total. The summed E-state index contributed by atoms with van der Waals surface area (Å²) >= 11 is 0. The first-order valence-corrected chi connectivity index (χ1v) is 2.10. The first kappa shape index (κ1) is 30.1. The van der Waals surface area contributed by atoms with Gasteiger partial charge in [0, 0.05) is 0 Å². The van der Waals surface area contributed by atoms with E-state index < -0.39 is 10.4 Å². The Bertz CT molecular complexity index is 99.7. The summed E-state index contributed by atoms with van der Waals surface area (Å²) in [5.41, 5.74) is 0. The molecular formula is H2Cl2Na2O4S. The van der Waals surface area contributed by atoms with Gasteiger partial charge in [0.2, 0.25) is 0 Å². The van der Waals surface area contributed by atoms with E-state index in [0.717, 1.165) is 0 Å². The molecule has 0 aliphatic heterocycles. The SMILES string of the molecule is O=S(=O)(O)O.[Cl-].[Cl-].[Na+].[Na+]. The van der Waals surface area contributed by atoms with Crippen molar-refractivity contribution in [2.75, 3.05) is 0 Å². The van der Waals surface area contributed by atoms with Crippen LogP contribution in [0.4, 0.5) is 0 Å². The van der Waals surface area contributed by atoms with Crippen LogP contribution in [0.2, 0.25) is 0 Å². The third-order valence-corrected chi connectivity index (χ3v) is 0. The molecule has 0 aliphatic carbocycles. The largest absolute Gasteiger partial charge is 1.00 e. The summed E-state index contributed by atoms with van der Waals surface area (Å²) < 4.78 is 31.6. The summed E-state index contributed by atoms with van der Waals surface area (Å²) in [6.45, 7) is 0. The Kier molecular flexibility index (Phi) is 43.6. The zero-order valence-electron chi connectivity index (χ0n) is 4.88. The van der Waals surface area contributed by atoms with E-state index in [9.17, 15) is 0 Å². The van der Waals surface area contributed by atoms with E-state index in [1.54, 1.807) is 0 Å². The van der Waals surface area contributed by atoms with Crippen molar-refractivity contribution in [3.63, 3.8) is 0 Å². The molecule has 0 heterocycles. The van der Waals surface area contributed by atoms with E-state index in [2.05, 4.69) is 0 Å². The minimum atomic E-state index is -4.67. The van der Waals surface area contributed by atoms with Gasteiger partial charge in [-0.05, 0) is 0 Å². The van der Waals surface area contributed by atoms with Crippen molar-refractivity contribution in [2.24, 2.45) is 0 Å². The predicted octanol–water partition coefficient (Wildman–Crippen LogP) is -12.6. The van der Waals surface area contributed by atoms with Crippen LogP contribution in [0.3, 0.4) is 0 Å². The quantitative estimate of drug-likeness (QED) is 0.311. The van der Waals surface area contributed by atoms with Crippen molar-refractivity contribution in [3.8, 4) is 0 Å². The van der Waals surface area contributed by atoms with Crippen molar-refractivity contribution in [3.05, 3.63) is 0 Å². The van der Waals surface area contributed by atoms with E-state index in [-0.39, 0.29) is 83.9 Å². The van der Waals surface area contributed by atoms with Crippen molar-refractivity contribution < 1.29 is 101 Å². The maximum atomic E-state index is 8.74. The van der Waals surface area contributed by atoms with Gasteiger partial charge >= 0.3 is 69.5 Å². The van der Waals surface area contributed by atoms with Gasteiger partial charge in [0.05, 0.1) is 0 Å². The van der Waals surface area contributed by atoms with Crippen LogP contribution in [0.1, 0.15) is 0 Å². The van der Waals surface area contributed by atoms with Gasteiger partial charge in [-0.1, -0.05) is 0 Å². The Morgan fingerprint density at radius 2 is 0.889 bits per heavy atom. The summed E-state index contributed by atoms with van der Waals surface area (Å²) in [4.78, 5) is 0. The Balaban J connectivity index is -0.0000000133. The summed E-state index contributed by atoms with van der Waals surface area (Å²) in [6, 6.07) is 0. The second-order valence-electron chi connectivity index (χ2n) is 0.448. The smallest absolute Gasteiger partial charge is 1.00 e. The molecule has 0 amide bonds. The van der Waals surface area contributed by atoms with Crippen LogP contribution in [0.25, 0.3) is 0 Å². The average Bonchev–Trinajstić information content (AvgIpc) is 0.722. The van der Waals surface area contributed by atoms with Crippen molar-refractivity contribution in [2.45, 2.75) is 0 Å². The molecule has 0 unspecified atom stereocenters. The summed E-state index contributed by atoms with van der Waals surface area (Å²) in [6.07, 6.45) is 0. The maximum absolute atomic E-state index is 8.74. The van der Waals surface area contributed by atoms with E-state index in [1.165, 1.54) is 0 Å². The molecular weight excluding hydrogens is 213 g/mol. The first-order chi connectivity index (χ1) is 2.00. The molecule has 0 aliphatic rings. The standard InChI is InChI=1S/2ClH.2Na.H2O4S/c;;;;1-5(2,3)4/h2*1H;;;(H2,1,2,3,4)/q;;2*+1;/p-2. The monoisotopic (exact) mass is 214 g/mol. The third kappa shape index (κ3) is 124. The minimum Gasteiger partial charge on any atom is -1.00 e. The molecule has 0 radical (unpaired) electrons. The molecule has 0 aromatic rings. The van der Waals surface area contributed by atoms with Gasteiger partial charge in [0.15, 0.2) is 0 Å². The van der Waals surface area contributed by atoms with Gasteiger partial charge in [0.1, 0.15) is 0 Å².